The first-order valence-electron chi connectivity index (χ1n) is 8.68. The lowest BCUT2D eigenvalue weighted by molar-refractivity contribution is -0.128. The zero-order chi connectivity index (χ0) is 18.4. The average molecular weight is 366 g/mol. The van der Waals surface area contributed by atoms with Crippen LogP contribution in [0, 0.1) is 18.3 Å². The molecule has 0 bridgehead atoms. The molecular formula is C20H22N4OS. The molecule has 3 rings (SSSR count). The summed E-state index contributed by atoms with van der Waals surface area (Å²) in [5.41, 5.74) is 3.09. The van der Waals surface area contributed by atoms with Crippen molar-refractivity contribution in [2.75, 3.05) is 36.8 Å². The highest BCUT2D eigenvalue weighted by atomic mass is 32.2. The van der Waals surface area contributed by atoms with Crippen molar-refractivity contribution in [3.05, 3.63) is 59.3 Å². The lowest BCUT2D eigenvalue weighted by Gasteiger charge is -2.35. The third-order valence-electron chi connectivity index (χ3n) is 4.42. The first kappa shape index (κ1) is 18.3. The van der Waals surface area contributed by atoms with E-state index in [0.29, 0.717) is 37.5 Å². The molecule has 1 aliphatic rings. The number of rotatable bonds is 5. The molecule has 1 aliphatic heterocycles. The van der Waals surface area contributed by atoms with Crippen molar-refractivity contribution < 1.29 is 4.79 Å². The predicted molar refractivity (Wildman–Crippen MR) is 105 cm³/mol. The highest BCUT2D eigenvalue weighted by Gasteiger charge is 2.23. The van der Waals surface area contributed by atoms with Crippen LogP contribution < -0.4 is 4.90 Å². The zero-order valence-corrected chi connectivity index (χ0v) is 15.7. The summed E-state index contributed by atoms with van der Waals surface area (Å²) in [6.45, 7) is 4.84. The van der Waals surface area contributed by atoms with Crippen LogP contribution in [0.25, 0.3) is 0 Å². The van der Waals surface area contributed by atoms with Crippen molar-refractivity contribution in [1.29, 1.82) is 5.26 Å². The zero-order valence-electron chi connectivity index (χ0n) is 14.9. The minimum atomic E-state index is 0.184. The van der Waals surface area contributed by atoms with Crippen molar-refractivity contribution in [3.63, 3.8) is 0 Å². The lowest BCUT2D eigenvalue weighted by Crippen LogP contribution is -2.49. The molecule has 0 saturated carbocycles. The number of anilines is 1. The molecule has 2 heterocycles. The number of nitriles is 1. The maximum absolute atomic E-state index is 12.4. The normalized spacial score (nSPS) is 14.2. The molecule has 0 spiro atoms. The molecule has 0 atom stereocenters. The fourth-order valence-electron chi connectivity index (χ4n) is 3.05. The van der Waals surface area contributed by atoms with Gasteiger partial charge < -0.3 is 9.80 Å². The van der Waals surface area contributed by atoms with Crippen LogP contribution >= 0.6 is 11.8 Å². The van der Waals surface area contributed by atoms with Crippen LogP contribution in [0.5, 0.6) is 0 Å². The first-order chi connectivity index (χ1) is 12.7. The minimum absolute atomic E-state index is 0.184. The van der Waals surface area contributed by atoms with Crippen LogP contribution in [0.15, 0.2) is 42.6 Å². The highest BCUT2D eigenvalue weighted by Crippen LogP contribution is 2.19. The smallest absolute Gasteiger partial charge is 0.232 e. The number of carbonyl (C=O) groups excluding carboxylic acids is 1. The van der Waals surface area contributed by atoms with E-state index in [2.05, 4.69) is 47.1 Å². The van der Waals surface area contributed by atoms with Crippen LogP contribution in [0.3, 0.4) is 0 Å². The van der Waals surface area contributed by atoms with Crippen LogP contribution in [0.4, 0.5) is 5.82 Å². The molecule has 0 N–H and O–H groups in total. The number of aromatic nitrogens is 1. The Labute approximate surface area is 158 Å². The number of carbonyl (C=O) groups is 1. The number of aryl methyl sites for hydroxylation is 1. The molecule has 26 heavy (non-hydrogen) atoms. The Hall–Kier alpha value is -2.52. The molecule has 0 aliphatic carbocycles. The molecule has 1 fully saturated rings. The van der Waals surface area contributed by atoms with E-state index < -0.39 is 0 Å². The minimum Gasteiger partial charge on any atom is -0.352 e. The fraction of sp³-hybridized carbons (Fsp3) is 0.350. The Morgan fingerprint density at radius 3 is 2.77 bits per heavy atom. The van der Waals surface area contributed by atoms with Gasteiger partial charge in [-0.2, -0.15) is 5.26 Å². The fourth-order valence-corrected chi connectivity index (χ4v) is 3.93. The molecule has 1 amide bonds. The Kier molecular flexibility index (Phi) is 6.13. The van der Waals surface area contributed by atoms with Gasteiger partial charge in [0.15, 0.2) is 0 Å². The highest BCUT2D eigenvalue weighted by molar-refractivity contribution is 7.99. The predicted octanol–water partition coefficient (Wildman–Crippen LogP) is 2.84. The van der Waals surface area contributed by atoms with Crippen LogP contribution in [-0.4, -0.2) is 47.7 Å². The van der Waals surface area contributed by atoms with E-state index in [0.717, 1.165) is 11.6 Å². The van der Waals surface area contributed by atoms with Crippen molar-refractivity contribution in [1.82, 2.24) is 9.88 Å². The quantitative estimate of drug-likeness (QED) is 0.814. The van der Waals surface area contributed by atoms with Gasteiger partial charge in [-0.3, -0.25) is 4.79 Å². The van der Waals surface area contributed by atoms with Gasteiger partial charge in [-0.05, 0) is 24.6 Å². The molecule has 0 unspecified atom stereocenters. The van der Waals surface area contributed by atoms with Crippen molar-refractivity contribution >= 4 is 23.5 Å². The van der Waals surface area contributed by atoms with Crippen LogP contribution in [-0.2, 0) is 10.5 Å². The Bertz CT molecular complexity index is 809. The van der Waals surface area contributed by atoms with E-state index in [9.17, 15) is 10.1 Å². The topological polar surface area (TPSA) is 60.2 Å². The SMILES string of the molecule is Cc1cccc(CSCC(=O)N2CCN(c3ncccc3C#N)CC2)c1. The van der Waals surface area contributed by atoms with E-state index >= 15 is 0 Å². The van der Waals surface area contributed by atoms with E-state index in [1.165, 1.54) is 11.1 Å². The molecule has 2 aromatic rings. The van der Waals surface area contributed by atoms with Crippen molar-refractivity contribution in [2.24, 2.45) is 0 Å². The number of amides is 1. The van der Waals surface area contributed by atoms with E-state index in [1.54, 1.807) is 30.1 Å². The first-order valence-corrected chi connectivity index (χ1v) is 9.84. The molecular weight excluding hydrogens is 344 g/mol. The summed E-state index contributed by atoms with van der Waals surface area (Å²) in [6.07, 6.45) is 1.70. The maximum Gasteiger partial charge on any atom is 0.232 e. The summed E-state index contributed by atoms with van der Waals surface area (Å²) < 4.78 is 0. The van der Waals surface area contributed by atoms with Gasteiger partial charge in [0.1, 0.15) is 11.9 Å². The number of hydrogen-bond donors (Lipinski definition) is 0. The van der Waals surface area contributed by atoms with Crippen LogP contribution in [0.2, 0.25) is 0 Å². The Morgan fingerprint density at radius 1 is 1.23 bits per heavy atom. The molecule has 134 valence electrons. The summed E-state index contributed by atoms with van der Waals surface area (Å²) in [5, 5.41) is 9.21. The maximum atomic E-state index is 12.4. The summed E-state index contributed by atoms with van der Waals surface area (Å²) in [4.78, 5) is 20.8. The number of pyridine rings is 1. The van der Waals surface area contributed by atoms with Gasteiger partial charge in [0.2, 0.25) is 5.91 Å². The molecule has 1 saturated heterocycles. The molecule has 5 nitrogen and oxygen atoms in total. The summed E-state index contributed by atoms with van der Waals surface area (Å²) in [5.74, 6) is 2.26. The molecule has 1 aromatic heterocycles. The van der Waals surface area contributed by atoms with Gasteiger partial charge in [-0.1, -0.05) is 29.8 Å². The second-order valence-electron chi connectivity index (χ2n) is 6.34. The summed E-state index contributed by atoms with van der Waals surface area (Å²) >= 11 is 1.66. The number of thioether (sulfide) groups is 1. The van der Waals surface area contributed by atoms with Gasteiger partial charge >= 0.3 is 0 Å². The number of benzene rings is 1. The second kappa shape index (κ2) is 8.72. The molecule has 1 aromatic carbocycles. The number of piperazine rings is 1. The summed E-state index contributed by atoms with van der Waals surface area (Å²) in [6, 6.07) is 14.1. The summed E-state index contributed by atoms with van der Waals surface area (Å²) in [7, 11) is 0. The van der Waals surface area contributed by atoms with Gasteiger partial charge in [0, 0.05) is 38.1 Å². The third kappa shape index (κ3) is 4.55. The van der Waals surface area contributed by atoms with Gasteiger partial charge in [-0.25, -0.2) is 4.98 Å². The monoisotopic (exact) mass is 366 g/mol. The van der Waals surface area contributed by atoms with Crippen molar-refractivity contribution in [3.8, 4) is 6.07 Å². The Balaban J connectivity index is 1.47. The second-order valence-corrected chi connectivity index (χ2v) is 7.32. The molecule has 6 heteroatoms. The van der Waals surface area contributed by atoms with Gasteiger partial charge in [0.05, 0.1) is 11.3 Å². The standard InChI is InChI=1S/C20H22N4OS/c1-16-4-2-5-17(12-16)14-26-15-19(25)23-8-10-24(11-9-23)20-18(13-21)6-3-7-22-20/h2-7,12H,8-11,14-15H2,1H3. The Morgan fingerprint density at radius 2 is 2.04 bits per heavy atom. The van der Waals surface area contributed by atoms with Crippen LogP contribution in [0.1, 0.15) is 16.7 Å². The van der Waals surface area contributed by atoms with Crippen molar-refractivity contribution in [2.45, 2.75) is 12.7 Å². The van der Waals surface area contributed by atoms with Gasteiger partial charge in [-0.15, -0.1) is 11.8 Å². The molecule has 0 radical (unpaired) electrons. The van der Waals surface area contributed by atoms with E-state index in [-0.39, 0.29) is 5.91 Å². The third-order valence-corrected chi connectivity index (χ3v) is 5.40. The lowest BCUT2D eigenvalue weighted by atomic mass is 10.2. The van der Waals surface area contributed by atoms with Gasteiger partial charge in [0.25, 0.3) is 0 Å². The van der Waals surface area contributed by atoms with E-state index in [1.807, 2.05) is 4.90 Å². The largest absolute Gasteiger partial charge is 0.352 e. The average Bonchev–Trinajstić information content (AvgIpc) is 2.68. The number of hydrogen-bond acceptors (Lipinski definition) is 5. The van der Waals surface area contributed by atoms with E-state index in [4.69, 9.17) is 0 Å². The number of nitrogens with zero attached hydrogens (tertiary/aromatic N) is 4.